The van der Waals surface area contributed by atoms with Crippen molar-refractivity contribution >= 4 is 10.9 Å². The van der Waals surface area contributed by atoms with E-state index in [0.717, 1.165) is 12.1 Å². The van der Waals surface area contributed by atoms with Gasteiger partial charge < -0.3 is 5.11 Å². The van der Waals surface area contributed by atoms with Crippen LogP contribution in [0.3, 0.4) is 0 Å². The van der Waals surface area contributed by atoms with Crippen LogP contribution in [0.25, 0.3) is 16.6 Å². The SMILES string of the molecule is CC(C)c1nc2cc(O)ccc2c(=O)n1-c1ccc(C(F)(F)F)cc1. The third-order valence-corrected chi connectivity index (χ3v) is 3.85. The summed E-state index contributed by atoms with van der Waals surface area (Å²) < 4.78 is 39.6. The maximum absolute atomic E-state index is 12.9. The first-order chi connectivity index (χ1) is 11.7. The highest BCUT2D eigenvalue weighted by Gasteiger charge is 2.30. The molecular weight excluding hydrogens is 333 g/mol. The fourth-order valence-corrected chi connectivity index (χ4v) is 2.63. The first-order valence-corrected chi connectivity index (χ1v) is 7.62. The average molecular weight is 348 g/mol. The van der Waals surface area contributed by atoms with Crippen molar-refractivity contribution in [3.8, 4) is 11.4 Å². The lowest BCUT2D eigenvalue weighted by atomic mass is 10.1. The van der Waals surface area contributed by atoms with E-state index in [9.17, 15) is 23.1 Å². The van der Waals surface area contributed by atoms with Crippen LogP contribution in [-0.2, 0) is 6.18 Å². The second-order valence-corrected chi connectivity index (χ2v) is 6.01. The summed E-state index contributed by atoms with van der Waals surface area (Å²) in [5.41, 5.74) is -0.524. The van der Waals surface area contributed by atoms with Crippen LogP contribution in [0.2, 0.25) is 0 Å². The van der Waals surface area contributed by atoms with Gasteiger partial charge in [0.1, 0.15) is 11.6 Å². The van der Waals surface area contributed by atoms with E-state index in [1.54, 1.807) is 0 Å². The number of phenols is 1. The van der Waals surface area contributed by atoms with Gasteiger partial charge in [0.25, 0.3) is 5.56 Å². The van der Waals surface area contributed by atoms with Crippen molar-refractivity contribution in [3.63, 3.8) is 0 Å². The Labute approximate surface area is 141 Å². The van der Waals surface area contributed by atoms with Crippen LogP contribution >= 0.6 is 0 Å². The standard InChI is InChI=1S/C18H15F3N2O2/c1-10(2)16-22-15-9-13(24)7-8-14(15)17(25)23(16)12-5-3-11(4-6-12)18(19,20)21/h3-10,24H,1-2H3. The largest absolute Gasteiger partial charge is 0.508 e. The number of aromatic hydroxyl groups is 1. The van der Waals surface area contributed by atoms with Gasteiger partial charge in [-0.3, -0.25) is 9.36 Å². The van der Waals surface area contributed by atoms with Crippen molar-refractivity contribution < 1.29 is 18.3 Å². The summed E-state index contributed by atoms with van der Waals surface area (Å²) in [4.78, 5) is 17.3. The van der Waals surface area contributed by atoms with Gasteiger partial charge in [0, 0.05) is 12.0 Å². The van der Waals surface area contributed by atoms with Crippen LogP contribution in [-0.4, -0.2) is 14.7 Å². The van der Waals surface area contributed by atoms with Gasteiger partial charge >= 0.3 is 6.18 Å². The number of halogens is 3. The molecule has 0 aliphatic rings. The quantitative estimate of drug-likeness (QED) is 0.754. The fourth-order valence-electron chi connectivity index (χ4n) is 2.63. The van der Waals surface area contributed by atoms with E-state index in [0.29, 0.717) is 17.0 Å². The van der Waals surface area contributed by atoms with Gasteiger partial charge in [0.05, 0.1) is 22.2 Å². The molecule has 0 aliphatic heterocycles. The molecule has 3 rings (SSSR count). The van der Waals surface area contributed by atoms with Gasteiger partial charge in [0.2, 0.25) is 0 Å². The Kier molecular flexibility index (Phi) is 4.02. The third kappa shape index (κ3) is 3.09. The van der Waals surface area contributed by atoms with Gasteiger partial charge in [-0.15, -0.1) is 0 Å². The van der Waals surface area contributed by atoms with Crippen LogP contribution in [0.15, 0.2) is 47.3 Å². The number of alkyl halides is 3. The summed E-state index contributed by atoms with van der Waals surface area (Å²) >= 11 is 0. The van der Waals surface area contributed by atoms with E-state index in [2.05, 4.69) is 4.98 Å². The number of rotatable bonds is 2. The minimum atomic E-state index is -4.44. The molecule has 0 saturated heterocycles. The summed E-state index contributed by atoms with van der Waals surface area (Å²) in [5.74, 6) is 0.242. The van der Waals surface area contributed by atoms with E-state index >= 15 is 0 Å². The molecule has 0 radical (unpaired) electrons. The summed E-state index contributed by atoms with van der Waals surface area (Å²) in [5, 5.41) is 9.87. The maximum atomic E-state index is 12.9. The highest BCUT2D eigenvalue weighted by atomic mass is 19.4. The number of nitrogens with zero attached hydrogens (tertiary/aromatic N) is 2. The van der Waals surface area contributed by atoms with E-state index in [1.807, 2.05) is 13.8 Å². The van der Waals surface area contributed by atoms with Gasteiger partial charge in [-0.25, -0.2) is 4.98 Å². The van der Waals surface area contributed by atoms with Crippen LogP contribution in [0.5, 0.6) is 5.75 Å². The second-order valence-electron chi connectivity index (χ2n) is 6.01. The van der Waals surface area contributed by atoms with Crippen molar-refractivity contribution in [2.75, 3.05) is 0 Å². The molecule has 1 aromatic heterocycles. The number of benzene rings is 2. The smallest absolute Gasteiger partial charge is 0.416 e. The molecule has 4 nitrogen and oxygen atoms in total. The zero-order valence-corrected chi connectivity index (χ0v) is 13.5. The van der Waals surface area contributed by atoms with Crippen molar-refractivity contribution in [3.05, 3.63) is 64.2 Å². The zero-order chi connectivity index (χ0) is 18.4. The Balaban J connectivity index is 2.27. The number of aromatic nitrogens is 2. The van der Waals surface area contributed by atoms with Crippen molar-refractivity contribution in [1.82, 2.24) is 9.55 Å². The van der Waals surface area contributed by atoms with Crippen LogP contribution < -0.4 is 5.56 Å². The minimum Gasteiger partial charge on any atom is -0.508 e. The molecule has 0 fully saturated rings. The molecule has 0 atom stereocenters. The Bertz CT molecular complexity index is 990. The minimum absolute atomic E-state index is 0.0126. The van der Waals surface area contributed by atoms with Crippen LogP contribution in [0.4, 0.5) is 13.2 Å². The van der Waals surface area contributed by atoms with E-state index in [4.69, 9.17) is 0 Å². The Morgan fingerprint density at radius 3 is 2.28 bits per heavy atom. The van der Waals surface area contributed by atoms with Crippen molar-refractivity contribution in [2.24, 2.45) is 0 Å². The number of hydrogen-bond donors (Lipinski definition) is 1. The lowest BCUT2D eigenvalue weighted by Gasteiger charge is -2.16. The van der Waals surface area contributed by atoms with Crippen molar-refractivity contribution in [1.29, 1.82) is 0 Å². The molecular formula is C18H15F3N2O2. The molecule has 3 aromatic rings. The summed E-state index contributed by atoms with van der Waals surface area (Å²) in [6.45, 7) is 3.66. The van der Waals surface area contributed by atoms with E-state index < -0.39 is 17.3 Å². The van der Waals surface area contributed by atoms with Crippen LogP contribution in [0.1, 0.15) is 31.2 Å². The third-order valence-electron chi connectivity index (χ3n) is 3.85. The number of hydrogen-bond acceptors (Lipinski definition) is 3. The molecule has 1 heterocycles. The van der Waals surface area contributed by atoms with Gasteiger partial charge in [0.15, 0.2) is 0 Å². The predicted octanol–water partition coefficient (Wildman–Crippen LogP) is 4.23. The molecule has 0 unspecified atom stereocenters. The van der Waals surface area contributed by atoms with Gasteiger partial charge in [-0.2, -0.15) is 13.2 Å². The van der Waals surface area contributed by atoms with E-state index in [-0.39, 0.29) is 17.1 Å². The second kappa shape index (κ2) is 5.91. The lowest BCUT2D eigenvalue weighted by Crippen LogP contribution is -2.24. The number of phenolic OH excluding ortho intramolecular Hbond substituents is 1. The van der Waals surface area contributed by atoms with Crippen LogP contribution in [0, 0.1) is 0 Å². The van der Waals surface area contributed by atoms with Gasteiger partial charge in [-0.1, -0.05) is 13.8 Å². The molecule has 25 heavy (non-hydrogen) atoms. The Morgan fingerprint density at radius 2 is 1.72 bits per heavy atom. The highest BCUT2D eigenvalue weighted by Crippen LogP contribution is 2.30. The Hall–Kier alpha value is -2.83. The molecule has 0 amide bonds. The molecule has 0 spiro atoms. The van der Waals surface area contributed by atoms with Gasteiger partial charge in [-0.05, 0) is 36.4 Å². The molecule has 2 aromatic carbocycles. The first-order valence-electron chi connectivity index (χ1n) is 7.62. The summed E-state index contributed by atoms with van der Waals surface area (Å²) in [7, 11) is 0. The highest BCUT2D eigenvalue weighted by molar-refractivity contribution is 5.79. The Morgan fingerprint density at radius 1 is 1.08 bits per heavy atom. The number of fused-ring (bicyclic) bond motifs is 1. The van der Waals surface area contributed by atoms with E-state index in [1.165, 1.54) is 34.9 Å². The maximum Gasteiger partial charge on any atom is 0.416 e. The lowest BCUT2D eigenvalue weighted by molar-refractivity contribution is -0.137. The normalized spacial score (nSPS) is 12.1. The average Bonchev–Trinajstić information content (AvgIpc) is 2.53. The molecule has 1 N–H and O–H groups in total. The van der Waals surface area contributed by atoms with Crippen molar-refractivity contribution in [2.45, 2.75) is 25.9 Å². The molecule has 7 heteroatoms. The molecule has 0 aliphatic carbocycles. The first kappa shape index (κ1) is 17.0. The summed E-state index contributed by atoms with van der Waals surface area (Å²) in [6, 6.07) is 8.59. The fraction of sp³-hybridized carbons (Fsp3) is 0.222. The topological polar surface area (TPSA) is 55.1 Å². The zero-order valence-electron chi connectivity index (χ0n) is 13.5. The monoisotopic (exact) mass is 348 g/mol. The molecule has 0 bridgehead atoms. The molecule has 0 saturated carbocycles. The summed E-state index contributed by atoms with van der Waals surface area (Å²) in [6.07, 6.45) is -4.44. The molecule has 130 valence electrons. The predicted molar refractivity (Wildman–Crippen MR) is 88.1 cm³/mol.